The number of carboxylic acid groups (broad SMARTS) is 3. The van der Waals surface area contributed by atoms with E-state index in [1.165, 1.54) is 17.4 Å². The number of likely N-dealkylation sites (tertiary alicyclic amines) is 1. The second-order valence-electron chi connectivity index (χ2n) is 13.6. The van der Waals surface area contributed by atoms with Crippen molar-refractivity contribution in [2.45, 2.75) is 114 Å². The van der Waals surface area contributed by atoms with E-state index in [1.54, 1.807) is 13.8 Å². The normalized spacial score (nSPS) is 17.1. The largest absolute Gasteiger partial charge is 0.481 e. The van der Waals surface area contributed by atoms with Gasteiger partial charge >= 0.3 is 17.9 Å². The van der Waals surface area contributed by atoms with Crippen LogP contribution in [0.4, 0.5) is 0 Å². The third-order valence-corrected chi connectivity index (χ3v) is 8.54. The molecule has 0 radical (unpaired) electrons. The summed E-state index contributed by atoms with van der Waals surface area (Å²) in [5.74, 6) is -9.16. The Morgan fingerprint density at radius 2 is 1.49 bits per heavy atom. The number of nitrogens with one attached hydrogen (secondary N) is 6. The van der Waals surface area contributed by atoms with Crippen LogP contribution in [0.2, 0.25) is 0 Å². The van der Waals surface area contributed by atoms with Gasteiger partial charge in [-0.25, -0.2) is 9.78 Å². The van der Waals surface area contributed by atoms with Crippen molar-refractivity contribution in [2.75, 3.05) is 13.1 Å². The van der Waals surface area contributed by atoms with Crippen molar-refractivity contribution in [1.29, 1.82) is 0 Å². The Morgan fingerprint density at radius 1 is 0.873 bits per heavy atom. The standard InChI is InChI=1S/C33H51N9O13/c1-16(2)11-21(29(50)41-27(17(3)43)31(52)39-20(33(54)55)7-9-26(47)48)40-28(49)22(12-18-13-35-15-37-18)38-24(44)14-36-30(51)23-5-4-10-42(23)32(53)19(34)6-8-25(45)46/h13,15-17,19-23,27,43H,4-12,14,34H2,1-3H3,(H,35,37)(H,36,51)(H,38,44)(H,39,52)(H,40,49)(H,41,50)(H,45,46)(H,47,48)(H,54,55)/t17-,19+,20+,21+,22+,23+,27+/m1/s1. The van der Waals surface area contributed by atoms with Crippen LogP contribution in [0.15, 0.2) is 12.5 Å². The molecule has 1 fully saturated rings. The van der Waals surface area contributed by atoms with E-state index in [0.717, 1.165) is 6.92 Å². The Morgan fingerprint density at radius 3 is 2.05 bits per heavy atom. The Hall–Kier alpha value is -5.64. The minimum atomic E-state index is -1.71. The van der Waals surface area contributed by atoms with Gasteiger partial charge in [0.05, 0.1) is 25.0 Å². The monoisotopic (exact) mass is 781 g/mol. The molecule has 0 saturated carbocycles. The topological polar surface area (TPSA) is 353 Å². The van der Waals surface area contributed by atoms with Crippen LogP contribution in [0.5, 0.6) is 0 Å². The number of hydrogen-bond donors (Lipinski definition) is 11. The lowest BCUT2D eigenvalue weighted by molar-refractivity contribution is -0.144. The van der Waals surface area contributed by atoms with Gasteiger partial charge in [0, 0.05) is 37.7 Å². The molecular formula is C33H51N9O13. The van der Waals surface area contributed by atoms with Gasteiger partial charge in [0.15, 0.2) is 0 Å². The number of imidazole rings is 1. The summed E-state index contributed by atoms with van der Waals surface area (Å²) in [5, 5.41) is 49.4. The second-order valence-corrected chi connectivity index (χ2v) is 13.6. The summed E-state index contributed by atoms with van der Waals surface area (Å²) < 4.78 is 0. The molecule has 55 heavy (non-hydrogen) atoms. The number of nitrogens with zero attached hydrogens (tertiary/aromatic N) is 2. The molecule has 22 nitrogen and oxygen atoms in total. The maximum Gasteiger partial charge on any atom is 0.326 e. The van der Waals surface area contributed by atoms with E-state index in [0.29, 0.717) is 12.1 Å². The van der Waals surface area contributed by atoms with Crippen molar-refractivity contribution < 1.29 is 63.6 Å². The molecule has 0 aromatic carbocycles. The highest BCUT2D eigenvalue weighted by molar-refractivity contribution is 5.96. The van der Waals surface area contributed by atoms with Crippen LogP contribution < -0.4 is 32.3 Å². The van der Waals surface area contributed by atoms with Crippen LogP contribution >= 0.6 is 0 Å². The predicted molar refractivity (Wildman–Crippen MR) is 188 cm³/mol. The molecule has 2 rings (SSSR count). The van der Waals surface area contributed by atoms with Gasteiger partial charge < -0.3 is 62.6 Å². The minimum Gasteiger partial charge on any atom is -0.481 e. The first-order valence-electron chi connectivity index (χ1n) is 17.7. The number of aromatic nitrogens is 2. The fraction of sp³-hybridized carbons (Fsp3) is 0.636. The number of aliphatic hydroxyl groups excluding tert-OH is 1. The molecule has 306 valence electrons. The molecule has 7 atom stereocenters. The fourth-order valence-corrected chi connectivity index (χ4v) is 5.70. The van der Waals surface area contributed by atoms with Gasteiger partial charge in [0.2, 0.25) is 35.4 Å². The summed E-state index contributed by atoms with van der Waals surface area (Å²) in [6, 6.07) is -8.11. The van der Waals surface area contributed by atoms with Gasteiger partial charge in [-0.3, -0.25) is 38.4 Å². The zero-order valence-corrected chi connectivity index (χ0v) is 30.8. The number of carbonyl (C=O) groups excluding carboxylic acids is 6. The van der Waals surface area contributed by atoms with Crippen LogP contribution in [-0.4, -0.2) is 144 Å². The molecule has 1 aromatic rings. The Labute approximate surface area is 315 Å². The highest BCUT2D eigenvalue weighted by Gasteiger charge is 2.37. The smallest absolute Gasteiger partial charge is 0.326 e. The molecule has 0 bridgehead atoms. The Kier molecular flexibility index (Phi) is 18.1. The Bertz CT molecular complexity index is 1540. The van der Waals surface area contributed by atoms with Crippen LogP contribution in [-0.2, 0) is 49.6 Å². The van der Waals surface area contributed by atoms with Crippen molar-refractivity contribution in [3.63, 3.8) is 0 Å². The Balaban J connectivity index is 2.15. The third kappa shape index (κ3) is 15.3. The van der Waals surface area contributed by atoms with Crippen LogP contribution in [0, 0.1) is 5.92 Å². The lowest BCUT2D eigenvalue weighted by Crippen LogP contribution is -2.60. The van der Waals surface area contributed by atoms with E-state index in [-0.39, 0.29) is 44.6 Å². The zero-order chi connectivity index (χ0) is 41.4. The molecule has 12 N–H and O–H groups in total. The summed E-state index contributed by atoms with van der Waals surface area (Å²) in [7, 11) is 0. The number of aromatic amines is 1. The summed E-state index contributed by atoms with van der Waals surface area (Å²) in [6.45, 7) is 4.22. The number of nitrogens with two attached hydrogens (primary N) is 1. The fourth-order valence-electron chi connectivity index (χ4n) is 5.70. The van der Waals surface area contributed by atoms with E-state index in [4.69, 9.17) is 15.9 Å². The molecule has 6 amide bonds. The molecule has 0 spiro atoms. The van der Waals surface area contributed by atoms with E-state index < -0.39 is 115 Å². The predicted octanol–water partition coefficient (Wildman–Crippen LogP) is -3.43. The number of carbonyl (C=O) groups is 9. The van der Waals surface area contributed by atoms with Crippen LogP contribution in [0.25, 0.3) is 0 Å². The lowest BCUT2D eigenvalue weighted by atomic mass is 10.0. The second kappa shape index (κ2) is 21.9. The number of carboxylic acids is 3. The van der Waals surface area contributed by atoms with Crippen molar-refractivity contribution in [2.24, 2.45) is 11.7 Å². The lowest BCUT2D eigenvalue weighted by Gasteiger charge is -2.28. The molecule has 0 aliphatic carbocycles. The highest BCUT2D eigenvalue weighted by Crippen LogP contribution is 2.19. The maximum atomic E-state index is 13.7. The van der Waals surface area contributed by atoms with E-state index in [1.807, 2.05) is 0 Å². The number of aliphatic carboxylic acids is 3. The molecule has 1 aliphatic rings. The first kappa shape index (κ1) is 45.5. The summed E-state index contributed by atoms with van der Waals surface area (Å²) in [6.07, 6.45) is 0.272. The first-order valence-corrected chi connectivity index (χ1v) is 17.7. The molecule has 1 saturated heterocycles. The summed E-state index contributed by atoms with van der Waals surface area (Å²) >= 11 is 0. The molecular weight excluding hydrogens is 730 g/mol. The van der Waals surface area contributed by atoms with Gasteiger partial charge in [-0.05, 0) is 44.9 Å². The van der Waals surface area contributed by atoms with Crippen molar-refractivity contribution in [1.82, 2.24) is 41.5 Å². The van der Waals surface area contributed by atoms with E-state index in [2.05, 4.69) is 36.6 Å². The number of hydrogen-bond acceptors (Lipinski definition) is 12. The van der Waals surface area contributed by atoms with Crippen molar-refractivity contribution in [3.05, 3.63) is 18.2 Å². The average molecular weight is 782 g/mol. The molecule has 2 heterocycles. The van der Waals surface area contributed by atoms with Crippen LogP contribution in [0.3, 0.4) is 0 Å². The number of rotatable bonds is 23. The van der Waals surface area contributed by atoms with Gasteiger partial charge in [-0.15, -0.1) is 0 Å². The number of aliphatic hydroxyl groups is 1. The quantitative estimate of drug-likeness (QED) is 0.0515. The van der Waals surface area contributed by atoms with E-state index >= 15 is 0 Å². The average Bonchev–Trinajstić information content (AvgIpc) is 3.81. The molecule has 1 aliphatic heterocycles. The molecule has 0 unspecified atom stereocenters. The van der Waals surface area contributed by atoms with E-state index in [9.17, 15) is 53.4 Å². The van der Waals surface area contributed by atoms with Gasteiger partial charge in [0.1, 0.15) is 30.2 Å². The third-order valence-electron chi connectivity index (χ3n) is 8.54. The van der Waals surface area contributed by atoms with Crippen molar-refractivity contribution in [3.8, 4) is 0 Å². The van der Waals surface area contributed by atoms with Gasteiger partial charge in [-0.2, -0.15) is 0 Å². The van der Waals surface area contributed by atoms with Crippen molar-refractivity contribution >= 4 is 53.4 Å². The zero-order valence-electron chi connectivity index (χ0n) is 30.8. The molecule has 1 aromatic heterocycles. The van der Waals surface area contributed by atoms with Gasteiger partial charge in [0.25, 0.3) is 0 Å². The van der Waals surface area contributed by atoms with Crippen LogP contribution in [0.1, 0.15) is 71.4 Å². The van der Waals surface area contributed by atoms with Gasteiger partial charge in [-0.1, -0.05) is 13.8 Å². The first-order chi connectivity index (χ1) is 25.8. The number of amides is 6. The minimum absolute atomic E-state index is 0.0133. The number of H-pyrrole nitrogens is 1. The maximum absolute atomic E-state index is 13.7. The highest BCUT2D eigenvalue weighted by atomic mass is 16.4. The molecule has 22 heteroatoms. The summed E-state index contributed by atoms with van der Waals surface area (Å²) in [4.78, 5) is 120. The summed E-state index contributed by atoms with van der Waals surface area (Å²) in [5.41, 5.74) is 6.27. The SMILES string of the molecule is CC(C)C[C@H](NC(=O)[C@H](Cc1cnc[nH]1)NC(=O)CNC(=O)[C@@H]1CCCN1C(=O)[C@@H](N)CCC(=O)O)C(=O)N[C@H](C(=O)N[C@@H](CCC(=O)O)C(=O)O)[C@@H](C)O.